The number of para-hydroxylation sites is 3. The zero-order chi connectivity index (χ0) is 20.1. The zero-order valence-electron chi connectivity index (χ0n) is 15.0. The number of hydrogen-bond donors (Lipinski definition) is 2. The minimum Gasteiger partial charge on any atom is -0.507 e. The number of non-ortho nitro benzene ring substituents is 1. The van der Waals surface area contributed by atoms with Crippen LogP contribution >= 0.6 is 0 Å². The van der Waals surface area contributed by atoms with E-state index in [0.717, 1.165) is 6.07 Å². The lowest BCUT2D eigenvalue weighted by Crippen LogP contribution is -1.94. The number of benzene rings is 3. The summed E-state index contributed by atoms with van der Waals surface area (Å²) in [5, 5.41) is 30.7. The molecule has 0 radical (unpaired) electrons. The third kappa shape index (κ3) is 4.21. The number of hydrogen-bond acceptors (Lipinski definition) is 6. The van der Waals surface area contributed by atoms with Crippen molar-refractivity contribution in [3.05, 3.63) is 88.0 Å². The number of nitrogens with zero attached hydrogens (tertiary/aromatic N) is 3. The van der Waals surface area contributed by atoms with Crippen molar-refractivity contribution in [1.82, 2.24) is 0 Å². The highest BCUT2D eigenvalue weighted by Crippen LogP contribution is 2.30. The van der Waals surface area contributed by atoms with Crippen LogP contribution < -0.4 is 0 Å². The molecule has 3 rings (SSSR count). The third-order valence-corrected chi connectivity index (χ3v) is 4.03. The van der Waals surface area contributed by atoms with Crippen LogP contribution in [0.2, 0.25) is 0 Å². The van der Waals surface area contributed by atoms with Crippen molar-refractivity contribution in [1.29, 1.82) is 0 Å². The predicted octanol–water partition coefficient (Wildman–Crippen LogP) is 4.90. The first-order chi connectivity index (χ1) is 13.5. The first-order valence-corrected chi connectivity index (χ1v) is 8.40. The van der Waals surface area contributed by atoms with Crippen molar-refractivity contribution in [2.45, 2.75) is 6.92 Å². The smallest absolute Gasteiger partial charge is 0.273 e. The standard InChI is InChI=1S/C21H17N3O4/c1-14(17-6-2-5-9-20(17)25)23-19-8-4-3-7-18(19)22-13-15-10-11-16(24(27)28)12-21(15)26/h2-13,25-26H,1H3. The van der Waals surface area contributed by atoms with Crippen LogP contribution in [0.1, 0.15) is 18.1 Å². The molecule has 0 atom stereocenters. The fourth-order valence-electron chi connectivity index (χ4n) is 2.58. The van der Waals surface area contributed by atoms with Crippen molar-refractivity contribution in [3.63, 3.8) is 0 Å². The van der Waals surface area contributed by atoms with E-state index in [1.807, 2.05) is 12.1 Å². The Labute approximate surface area is 161 Å². The van der Waals surface area contributed by atoms with Crippen molar-refractivity contribution in [2.75, 3.05) is 0 Å². The van der Waals surface area contributed by atoms with Crippen LogP contribution in [0.5, 0.6) is 11.5 Å². The largest absolute Gasteiger partial charge is 0.507 e. The van der Waals surface area contributed by atoms with E-state index in [1.165, 1.54) is 18.3 Å². The minimum atomic E-state index is -0.577. The normalized spacial score (nSPS) is 11.7. The highest BCUT2D eigenvalue weighted by atomic mass is 16.6. The molecule has 0 bridgehead atoms. The molecule has 0 heterocycles. The zero-order valence-corrected chi connectivity index (χ0v) is 15.0. The van der Waals surface area contributed by atoms with Gasteiger partial charge in [-0.25, -0.2) is 0 Å². The highest BCUT2D eigenvalue weighted by Gasteiger charge is 2.09. The Morgan fingerprint density at radius 2 is 1.64 bits per heavy atom. The molecule has 0 aliphatic carbocycles. The van der Waals surface area contributed by atoms with Gasteiger partial charge in [0.2, 0.25) is 0 Å². The van der Waals surface area contributed by atoms with Crippen LogP contribution in [0.4, 0.5) is 17.1 Å². The van der Waals surface area contributed by atoms with E-state index in [4.69, 9.17) is 0 Å². The number of aromatic hydroxyl groups is 2. The minimum absolute atomic E-state index is 0.139. The fraction of sp³-hybridized carbons (Fsp3) is 0.0476. The van der Waals surface area contributed by atoms with Gasteiger partial charge in [0.1, 0.15) is 11.5 Å². The van der Waals surface area contributed by atoms with Crippen molar-refractivity contribution in [3.8, 4) is 11.5 Å². The van der Waals surface area contributed by atoms with Crippen LogP contribution in [-0.2, 0) is 0 Å². The maximum atomic E-state index is 10.8. The molecule has 0 spiro atoms. The number of phenols is 2. The molecule has 0 amide bonds. The number of aliphatic imine (C=N–C) groups is 2. The molecule has 2 N–H and O–H groups in total. The summed E-state index contributed by atoms with van der Waals surface area (Å²) < 4.78 is 0. The van der Waals surface area contributed by atoms with Crippen molar-refractivity contribution >= 4 is 29.0 Å². The SMILES string of the molecule is CC(=Nc1ccccc1N=Cc1ccc([N+](=O)[O-])cc1O)c1ccccc1O. The number of rotatable bonds is 5. The average molecular weight is 375 g/mol. The molecule has 3 aromatic rings. The second kappa shape index (κ2) is 8.13. The molecule has 0 aliphatic heterocycles. The molecule has 0 fully saturated rings. The van der Waals surface area contributed by atoms with E-state index in [2.05, 4.69) is 9.98 Å². The number of phenolic OH excluding ortho intramolecular Hbond substituents is 2. The summed E-state index contributed by atoms with van der Waals surface area (Å²) >= 11 is 0. The number of nitro groups is 1. The van der Waals surface area contributed by atoms with Gasteiger partial charge in [0.05, 0.1) is 22.4 Å². The van der Waals surface area contributed by atoms with Crippen LogP contribution in [0, 0.1) is 10.1 Å². The van der Waals surface area contributed by atoms with Gasteiger partial charge in [-0.15, -0.1) is 0 Å². The lowest BCUT2D eigenvalue weighted by Gasteiger charge is -2.06. The molecular formula is C21H17N3O4. The van der Waals surface area contributed by atoms with Gasteiger partial charge < -0.3 is 10.2 Å². The molecule has 0 saturated heterocycles. The van der Waals surface area contributed by atoms with Gasteiger partial charge in [0.15, 0.2) is 0 Å². The van der Waals surface area contributed by atoms with E-state index in [-0.39, 0.29) is 17.2 Å². The van der Waals surface area contributed by atoms with Crippen LogP contribution in [0.25, 0.3) is 0 Å². The van der Waals surface area contributed by atoms with Gasteiger partial charge in [-0.2, -0.15) is 0 Å². The second-order valence-electron chi connectivity index (χ2n) is 5.96. The first kappa shape index (κ1) is 18.8. The number of nitro benzene ring substituents is 1. The molecule has 0 saturated carbocycles. The van der Waals surface area contributed by atoms with Gasteiger partial charge in [0.25, 0.3) is 5.69 Å². The lowest BCUT2D eigenvalue weighted by molar-refractivity contribution is -0.384. The summed E-state index contributed by atoms with van der Waals surface area (Å²) in [6, 6.07) is 17.9. The van der Waals surface area contributed by atoms with Gasteiger partial charge in [-0.3, -0.25) is 20.1 Å². The van der Waals surface area contributed by atoms with Crippen molar-refractivity contribution in [2.24, 2.45) is 9.98 Å². The van der Waals surface area contributed by atoms with Gasteiger partial charge >= 0.3 is 0 Å². The van der Waals surface area contributed by atoms with Crippen LogP contribution in [0.15, 0.2) is 76.7 Å². The van der Waals surface area contributed by atoms with Gasteiger partial charge in [-0.1, -0.05) is 24.3 Å². The van der Waals surface area contributed by atoms with Gasteiger partial charge in [0, 0.05) is 29.1 Å². The first-order valence-electron chi connectivity index (χ1n) is 8.40. The monoisotopic (exact) mass is 375 g/mol. The molecule has 7 heteroatoms. The Morgan fingerprint density at radius 1 is 0.964 bits per heavy atom. The molecule has 0 aromatic heterocycles. The van der Waals surface area contributed by atoms with Crippen LogP contribution in [0.3, 0.4) is 0 Å². The molecule has 3 aromatic carbocycles. The lowest BCUT2D eigenvalue weighted by atomic mass is 10.1. The quantitative estimate of drug-likeness (QED) is 0.376. The average Bonchev–Trinajstić information content (AvgIpc) is 2.68. The van der Waals surface area contributed by atoms with E-state index in [0.29, 0.717) is 28.2 Å². The maximum Gasteiger partial charge on any atom is 0.273 e. The summed E-state index contributed by atoms with van der Waals surface area (Å²) in [5.41, 5.74) is 2.53. The molecule has 28 heavy (non-hydrogen) atoms. The molecule has 140 valence electrons. The fourth-order valence-corrected chi connectivity index (χ4v) is 2.58. The van der Waals surface area contributed by atoms with Gasteiger partial charge in [-0.05, 0) is 37.3 Å². The molecule has 0 unspecified atom stereocenters. The Hall–Kier alpha value is -4.00. The summed E-state index contributed by atoms with van der Waals surface area (Å²) in [7, 11) is 0. The predicted molar refractivity (Wildman–Crippen MR) is 108 cm³/mol. The Balaban J connectivity index is 1.93. The highest BCUT2D eigenvalue weighted by molar-refractivity contribution is 6.03. The van der Waals surface area contributed by atoms with Crippen molar-refractivity contribution < 1.29 is 15.1 Å². The summed E-state index contributed by atoms with van der Waals surface area (Å²) in [6.07, 6.45) is 1.42. The molecular weight excluding hydrogens is 358 g/mol. The molecule has 0 aliphatic rings. The van der Waals surface area contributed by atoms with E-state index in [9.17, 15) is 20.3 Å². The van der Waals surface area contributed by atoms with E-state index >= 15 is 0 Å². The Bertz CT molecular complexity index is 1090. The second-order valence-corrected chi connectivity index (χ2v) is 5.96. The topological polar surface area (TPSA) is 108 Å². The Kier molecular flexibility index (Phi) is 5.45. The summed E-state index contributed by atoms with van der Waals surface area (Å²) in [6.45, 7) is 1.79. The maximum absolute atomic E-state index is 10.8. The van der Waals surface area contributed by atoms with E-state index < -0.39 is 4.92 Å². The van der Waals surface area contributed by atoms with E-state index in [1.54, 1.807) is 43.3 Å². The van der Waals surface area contributed by atoms with Crippen LogP contribution in [-0.4, -0.2) is 27.1 Å². The molecule has 7 nitrogen and oxygen atoms in total. The third-order valence-electron chi connectivity index (χ3n) is 4.03. The Morgan fingerprint density at radius 3 is 2.32 bits per heavy atom. The summed E-state index contributed by atoms with van der Waals surface area (Å²) in [4.78, 5) is 19.1. The summed E-state index contributed by atoms with van der Waals surface area (Å²) in [5.74, 6) is -0.0927.